The van der Waals surface area contributed by atoms with Crippen molar-refractivity contribution in [3.8, 4) is 0 Å². The van der Waals surface area contributed by atoms with Gasteiger partial charge in [0.05, 0.1) is 11.4 Å². The monoisotopic (exact) mass is 221 g/mol. The molecule has 84 valence electrons. The molecule has 0 aromatic carbocycles. The molecule has 0 amide bonds. The predicted molar refractivity (Wildman–Crippen MR) is 55.9 cm³/mol. The Balaban J connectivity index is 2.63. The molecule has 14 heavy (non-hydrogen) atoms. The summed E-state index contributed by atoms with van der Waals surface area (Å²) in [6, 6.07) is 0. The summed E-state index contributed by atoms with van der Waals surface area (Å²) in [4.78, 5) is 0. The molecule has 1 aliphatic rings. The first-order valence-electron chi connectivity index (χ1n) is 4.92. The van der Waals surface area contributed by atoms with Crippen molar-refractivity contribution in [2.75, 3.05) is 25.1 Å². The second kappa shape index (κ2) is 4.16. The maximum atomic E-state index is 11.1. The third-order valence-corrected chi connectivity index (χ3v) is 3.84. The first-order chi connectivity index (χ1) is 6.31. The van der Waals surface area contributed by atoms with Gasteiger partial charge in [-0.1, -0.05) is 0 Å². The summed E-state index contributed by atoms with van der Waals surface area (Å²) in [7, 11) is -3.11. The SMILES string of the molecule is CC(O)(CS(C)(=O)=O)[C@H]1CCCNC1. The van der Waals surface area contributed by atoms with E-state index in [0.29, 0.717) is 6.54 Å². The van der Waals surface area contributed by atoms with Gasteiger partial charge >= 0.3 is 0 Å². The lowest BCUT2D eigenvalue weighted by molar-refractivity contribution is 0.0101. The van der Waals surface area contributed by atoms with Crippen molar-refractivity contribution >= 4 is 9.84 Å². The van der Waals surface area contributed by atoms with Crippen LogP contribution in [-0.4, -0.2) is 44.2 Å². The Labute approximate surface area is 85.6 Å². The summed E-state index contributed by atoms with van der Waals surface area (Å²) < 4.78 is 22.2. The largest absolute Gasteiger partial charge is 0.389 e. The predicted octanol–water partition coefficient (Wildman–Crippen LogP) is -0.218. The Morgan fingerprint density at radius 2 is 2.21 bits per heavy atom. The molecule has 2 N–H and O–H groups in total. The van der Waals surface area contributed by atoms with Crippen molar-refractivity contribution in [2.24, 2.45) is 5.92 Å². The third kappa shape index (κ3) is 3.55. The smallest absolute Gasteiger partial charge is 0.150 e. The minimum atomic E-state index is -3.11. The number of rotatable bonds is 3. The molecule has 0 aromatic heterocycles. The molecule has 0 saturated carbocycles. The van der Waals surface area contributed by atoms with Crippen LogP contribution in [0.25, 0.3) is 0 Å². The van der Waals surface area contributed by atoms with E-state index in [1.165, 1.54) is 0 Å². The number of hydrogen-bond donors (Lipinski definition) is 2. The summed E-state index contributed by atoms with van der Waals surface area (Å²) in [6.45, 7) is 3.29. The summed E-state index contributed by atoms with van der Waals surface area (Å²) in [6.07, 6.45) is 3.07. The van der Waals surface area contributed by atoms with Crippen LogP contribution in [0.15, 0.2) is 0 Å². The second-order valence-corrected chi connectivity index (χ2v) is 6.61. The lowest BCUT2D eigenvalue weighted by Crippen LogP contribution is -2.48. The molecule has 1 heterocycles. The van der Waals surface area contributed by atoms with Crippen molar-refractivity contribution in [3.63, 3.8) is 0 Å². The van der Waals surface area contributed by atoms with Crippen molar-refractivity contribution in [3.05, 3.63) is 0 Å². The van der Waals surface area contributed by atoms with Crippen LogP contribution in [-0.2, 0) is 9.84 Å². The van der Waals surface area contributed by atoms with Crippen LogP contribution in [0.2, 0.25) is 0 Å². The van der Waals surface area contributed by atoms with Crippen LogP contribution in [0.3, 0.4) is 0 Å². The maximum absolute atomic E-state index is 11.1. The Kier molecular flexibility index (Phi) is 3.55. The average Bonchev–Trinajstić information content (AvgIpc) is 2.01. The van der Waals surface area contributed by atoms with Gasteiger partial charge < -0.3 is 10.4 Å². The summed E-state index contributed by atoms with van der Waals surface area (Å²) in [5.74, 6) is -0.0993. The lowest BCUT2D eigenvalue weighted by Gasteiger charge is -2.35. The van der Waals surface area contributed by atoms with Crippen molar-refractivity contribution in [1.29, 1.82) is 0 Å². The molecular weight excluding hydrogens is 202 g/mol. The quantitative estimate of drug-likeness (QED) is 0.691. The van der Waals surface area contributed by atoms with E-state index in [9.17, 15) is 13.5 Å². The fraction of sp³-hybridized carbons (Fsp3) is 1.00. The Bertz CT molecular complexity index is 278. The van der Waals surface area contributed by atoms with Gasteiger partial charge in [0.15, 0.2) is 0 Å². The molecule has 1 fully saturated rings. The third-order valence-electron chi connectivity index (χ3n) is 2.73. The molecule has 1 saturated heterocycles. The molecule has 0 bridgehead atoms. The highest BCUT2D eigenvalue weighted by atomic mass is 32.2. The highest BCUT2D eigenvalue weighted by molar-refractivity contribution is 7.90. The zero-order valence-corrected chi connectivity index (χ0v) is 9.60. The second-order valence-electron chi connectivity index (χ2n) is 4.47. The minimum absolute atomic E-state index is 0.0472. The molecule has 0 aliphatic carbocycles. The Hall–Kier alpha value is -0.130. The van der Waals surface area contributed by atoms with Crippen molar-refractivity contribution in [2.45, 2.75) is 25.4 Å². The van der Waals surface area contributed by atoms with Crippen LogP contribution in [0, 0.1) is 5.92 Å². The number of sulfone groups is 1. The van der Waals surface area contributed by atoms with Crippen molar-refractivity contribution in [1.82, 2.24) is 5.32 Å². The lowest BCUT2D eigenvalue weighted by atomic mass is 9.85. The number of aliphatic hydroxyl groups is 1. The summed E-state index contributed by atoms with van der Waals surface area (Å²) >= 11 is 0. The minimum Gasteiger partial charge on any atom is -0.389 e. The van der Waals surface area contributed by atoms with Crippen LogP contribution in [0.5, 0.6) is 0 Å². The molecule has 1 unspecified atom stereocenters. The van der Waals surface area contributed by atoms with Gasteiger partial charge in [0.1, 0.15) is 9.84 Å². The Morgan fingerprint density at radius 3 is 2.64 bits per heavy atom. The maximum Gasteiger partial charge on any atom is 0.150 e. The number of piperidine rings is 1. The van der Waals surface area contributed by atoms with E-state index < -0.39 is 15.4 Å². The summed E-state index contributed by atoms with van der Waals surface area (Å²) in [5.41, 5.74) is -1.10. The zero-order chi connectivity index (χ0) is 10.8. The first kappa shape index (κ1) is 11.9. The highest BCUT2D eigenvalue weighted by Gasteiger charge is 2.35. The van der Waals surface area contributed by atoms with E-state index in [2.05, 4.69) is 5.32 Å². The van der Waals surface area contributed by atoms with Gasteiger partial charge in [-0.05, 0) is 26.3 Å². The van der Waals surface area contributed by atoms with E-state index in [1.807, 2.05) is 0 Å². The topological polar surface area (TPSA) is 66.4 Å². The van der Waals surface area contributed by atoms with E-state index in [1.54, 1.807) is 6.92 Å². The Morgan fingerprint density at radius 1 is 1.57 bits per heavy atom. The fourth-order valence-electron chi connectivity index (χ4n) is 2.03. The van der Waals surface area contributed by atoms with E-state index in [0.717, 1.165) is 25.6 Å². The van der Waals surface area contributed by atoms with E-state index in [-0.39, 0.29) is 11.7 Å². The molecule has 0 aromatic rings. The number of hydrogen-bond acceptors (Lipinski definition) is 4. The molecule has 5 heteroatoms. The van der Waals surface area contributed by atoms with E-state index >= 15 is 0 Å². The average molecular weight is 221 g/mol. The van der Waals surface area contributed by atoms with Gasteiger partial charge in [0.25, 0.3) is 0 Å². The molecular formula is C9H19NO3S. The van der Waals surface area contributed by atoms with E-state index in [4.69, 9.17) is 0 Å². The van der Waals surface area contributed by atoms with Gasteiger partial charge in [-0.15, -0.1) is 0 Å². The standard InChI is InChI=1S/C9H19NO3S/c1-9(11,7-14(2,12)13)8-4-3-5-10-6-8/h8,10-11H,3-7H2,1-2H3/t8-,9?/m0/s1. The number of nitrogens with one attached hydrogen (secondary N) is 1. The fourth-order valence-corrected chi connectivity index (χ4v) is 3.33. The first-order valence-corrected chi connectivity index (χ1v) is 6.98. The molecule has 1 rings (SSSR count). The molecule has 4 nitrogen and oxygen atoms in total. The summed E-state index contributed by atoms with van der Waals surface area (Å²) in [5, 5.41) is 13.2. The van der Waals surface area contributed by atoms with Crippen LogP contribution < -0.4 is 5.32 Å². The van der Waals surface area contributed by atoms with Crippen LogP contribution in [0.1, 0.15) is 19.8 Å². The van der Waals surface area contributed by atoms with Crippen molar-refractivity contribution < 1.29 is 13.5 Å². The molecule has 1 aliphatic heterocycles. The highest BCUT2D eigenvalue weighted by Crippen LogP contribution is 2.25. The van der Waals surface area contributed by atoms with Gasteiger partial charge in [-0.25, -0.2) is 8.42 Å². The molecule has 2 atom stereocenters. The molecule has 0 radical (unpaired) electrons. The van der Waals surface area contributed by atoms with Crippen LogP contribution in [0.4, 0.5) is 0 Å². The zero-order valence-electron chi connectivity index (χ0n) is 8.78. The van der Waals surface area contributed by atoms with Gasteiger partial charge in [-0.3, -0.25) is 0 Å². The van der Waals surface area contributed by atoms with Gasteiger partial charge in [-0.2, -0.15) is 0 Å². The van der Waals surface area contributed by atoms with Gasteiger partial charge in [0.2, 0.25) is 0 Å². The molecule has 0 spiro atoms. The normalized spacial score (nSPS) is 28.4. The van der Waals surface area contributed by atoms with Crippen LogP contribution >= 0.6 is 0 Å². The van der Waals surface area contributed by atoms with Gasteiger partial charge in [0, 0.05) is 18.7 Å².